The van der Waals surface area contributed by atoms with E-state index in [1.807, 2.05) is 67.6 Å². The highest BCUT2D eigenvalue weighted by Crippen LogP contribution is 2.40. The van der Waals surface area contributed by atoms with Crippen molar-refractivity contribution in [3.05, 3.63) is 124 Å². The number of nitrogen functional groups attached to an aromatic ring is 1. The molecule has 1 aromatic heterocycles. The lowest BCUT2D eigenvalue weighted by Gasteiger charge is -2.36. The topological polar surface area (TPSA) is 149 Å². The molecule has 1 fully saturated rings. The monoisotopic (exact) mass is 737 g/mol. The minimum atomic E-state index is -0.581. The summed E-state index contributed by atoms with van der Waals surface area (Å²) in [5, 5.41) is 24.7. The molecule has 0 saturated carbocycles. The van der Waals surface area contributed by atoms with Crippen molar-refractivity contribution in [1.82, 2.24) is 15.5 Å². The molecule has 0 spiro atoms. The number of nitrogens with one attached hydrogen (secondary N) is 2. The van der Waals surface area contributed by atoms with Crippen molar-refractivity contribution in [2.24, 2.45) is 0 Å². The van der Waals surface area contributed by atoms with Gasteiger partial charge in [-0.2, -0.15) is 0 Å². The van der Waals surface area contributed by atoms with Gasteiger partial charge >= 0.3 is 0 Å². The third kappa shape index (κ3) is 10.5. The lowest BCUT2D eigenvalue weighted by Crippen LogP contribution is -2.31. The van der Waals surface area contributed by atoms with Crippen LogP contribution in [0.25, 0.3) is 11.1 Å². The van der Waals surface area contributed by atoms with Gasteiger partial charge in [-0.05, 0) is 71.8 Å². The van der Waals surface area contributed by atoms with Crippen LogP contribution in [0.2, 0.25) is 0 Å². The van der Waals surface area contributed by atoms with Crippen molar-refractivity contribution < 1.29 is 24.2 Å². The van der Waals surface area contributed by atoms with Gasteiger partial charge in [-0.25, -0.2) is 0 Å². The summed E-state index contributed by atoms with van der Waals surface area (Å²) in [6.45, 7) is 2.34. The molecule has 3 atom stereocenters. The summed E-state index contributed by atoms with van der Waals surface area (Å²) >= 11 is 3.22. The van der Waals surface area contributed by atoms with Crippen LogP contribution in [-0.4, -0.2) is 39.0 Å². The van der Waals surface area contributed by atoms with E-state index in [0.29, 0.717) is 55.8 Å². The van der Waals surface area contributed by atoms with Gasteiger partial charge in [0.05, 0.1) is 30.2 Å². The number of aryl methyl sites for hydroxylation is 1. The number of aliphatic hydroxyl groups excluding tert-OH is 1. The smallest absolute Gasteiger partial charge is 0.224 e. The second-order valence-corrected chi connectivity index (χ2v) is 15.1. The van der Waals surface area contributed by atoms with Crippen LogP contribution < -0.4 is 16.4 Å². The van der Waals surface area contributed by atoms with E-state index in [4.69, 9.17) is 15.2 Å². The van der Waals surface area contributed by atoms with E-state index in [1.165, 1.54) is 0 Å². The highest BCUT2D eigenvalue weighted by Gasteiger charge is 2.32. The predicted octanol–water partition coefficient (Wildman–Crippen LogP) is 7.74. The lowest BCUT2D eigenvalue weighted by molar-refractivity contribution is -0.245. The number of rotatable bonds is 15. The van der Waals surface area contributed by atoms with Crippen molar-refractivity contribution in [3.8, 4) is 11.1 Å². The van der Waals surface area contributed by atoms with E-state index in [2.05, 4.69) is 45.1 Å². The Hall–Kier alpha value is -4.59. The van der Waals surface area contributed by atoms with E-state index in [9.17, 15) is 14.7 Å². The van der Waals surface area contributed by atoms with Crippen LogP contribution in [0, 0.1) is 6.92 Å². The maximum atomic E-state index is 12.6. The number of hydrogen-bond acceptors (Lipinski definition) is 10. The average Bonchev–Trinajstić information content (AvgIpc) is 3.60. The molecule has 4 aromatic carbocycles. The maximum Gasteiger partial charge on any atom is 0.224 e. The Labute approximate surface area is 312 Å². The Morgan fingerprint density at radius 1 is 0.865 bits per heavy atom. The number of aliphatic hydroxyl groups is 1. The van der Waals surface area contributed by atoms with Crippen molar-refractivity contribution in [1.29, 1.82) is 0 Å². The SMILES string of the molecule is Cc1nnc(SCC2CC(c3ccc(CO)cc3)OC(c3cccc(-c4cccc(CNC(=O)CCCCC(=O)Nc5ccccc5N)c4)c3)O2)s1. The van der Waals surface area contributed by atoms with Crippen LogP contribution in [0.3, 0.4) is 0 Å². The Morgan fingerprint density at radius 2 is 1.62 bits per heavy atom. The summed E-state index contributed by atoms with van der Waals surface area (Å²) in [4.78, 5) is 24.9. The number of carbonyl (C=O) groups excluding carboxylic acids is 2. The zero-order chi connectivity index (χ0) is 36.3. The van der Waals surface area contributed by atoms with Crippen molar-refractivity contribution in [2.75, 3.05) is 16.8 Å². The molecule has 10 nitrogen and oxygen atoms in total. The fraction of sp³-hybridized carbons (Fsp3) is 0.300. The van der Waals surface area contributed by atoms with Gasteiger partial charge in [-0.15, -0.1) is 10.2 Å². The zero-order valence-electron chi connectivity index (χ0n) is 29.0. The standard InChI is InChI=1S/C40H43N5O5S2/c1-26-44-45-40(52-26)51-25-33-22-36(29-18-16-27(24-46)17-19-29)50-39(49-33)32-11-7-10-31(21-32)30-9-6-8-28(20-30)23-42-37(47)14-4-5-15-38(48)43-35-13-3-2-12-34(35)41/h2-3,6-13,16-21,33,36,39,46H,4-5,14-15,22-25,41H2,1H3,(H,42,47)(H,43,48). The minimum Gasteiger partial charge on any atom is -0.397 e. The number of amides is 2. The van der Waals surface area contributed by atoms with E-state index in [-0.39, 0.29) is 30.6 Å². The minimum absolute atomic E-state index is 0.00752. The first-order valence-electron chi connectivity index (χ1n) is 17.4. The van der Waals surface area contributed by atoms with Crippen LogP contribution in [0.1, 0.15) is 71.8 Å². The van der Waals surface area contributed by atoms with Gasteiger partial charge < -0.3 is 30.9 Å². The van der Waals surface area contributed by atoms with Gasteiger partial charge in [0.25, 0.3) is 0 Å². The van der Waals surface area contributed by atoms with Gasteiger partial charge in [0.15, 0.2) is 10.6 Å². The van der Waals surface area contributed by atoms with Crippen LogP contribution >= 0.6 is 23.1 Å². The van der Waals surface area contributed by atoms with Crippen molar-refractivity contribution >= 4 is 46.3 Å². The summed E-state index contributed by atoms with van der Waals surface area (Å²) in [7, 11) is 0. The highest BCUT2D eigenvalue weighted by molar-refractivity contribution is 8.01. The van der Waals surface area contributed by atoms with E-state index in [1.54, 1.807) is 35.2 Å². The van der Waals surface area contributed by atoms with E-state index in [0.717, 1.165) is 42.7 Å². The fourth-order valence-corrected chi connectivity index (χ4v) is 7.79. The highest BCUT2D eigenvalue weighted by atomic mass is 32.2. The molecule has 0 aliphatic carbocycles. The molecule has 52 heavy (non-hydrogen) atoms. The summed E-state index contributed by atoms with van der Waals surface area (Å²) < 4.78 is 14.1. The van der Waals surface area contributed by atoms with E-state index < -0.39 is 6.29 Å². The van der Waals surface area contributed by atoms with Gasteiger partial charge in [-0.3, -0.25) is 9.59 Å². The Morgan fingerprint density at radius 3 is 2.37 bits per heavy atom. The number of hydrogen-bond donors (Lipinski definition) is 4. The number of aromatic nitrogens is 2. The summed E-state index contributed by atoms with van der Waals surface area (Å²) in [6.07, 6.45) is 1.71. The number of para-hydroxylation sites is 2. The second kappa shape index (κ2) is 18.3. The average molecular weight is 738 g/mol. The van der Waals surface area contributed by atoms with Crippen LogP contribution in [0.4, 0.5) is 11.4 Å². The zero-order valence-corrected chi connectivity index (χ0v) is 30.6. The molecule has 5 aromatic rings. The molecular weight excluding hydrogens is 695 g/mol. The maximum absolute atomic E-state index is 12.6. The van der Waals surface area contributed by atoms with E-state index >= 15 is 0 Å². The Kier molecular flexibility index (Phi) is 13.0. The summed E-state index contributed by atoms with van der Waals surface area (Å²) in [5.74, 6) is 0.542. The first-order chi connectivity index (χ1) is 25.3. The number of nitrogens with zero attached hydrogens (tertiary/aromatic N) is 2. The van der Waals surface area contributed by atoms with Crippen molar-refractivity contribution in [2.45, 2.75) is 75.0 Å². The third-order valence-corrected chi connectivity index (χ3v) is 10.8. The van der Waals surface area contributed by atoms with Gasteiger partial charge in [-0.1, -0.05) is 95.9 Å². The molecule has 0 bridgehead atoms. The number of benzene rings is 4. The second-order valence-electron chi connectivity index (χ2n) is 12.7. The quantitative estimate of drug-likeness (QED) is 0.0481. The molecule has 6 rings (SSSR count). The van der Waals surface area contributed by atoms with Gasteiger partial charge in [0.2, 0.25) is 11.8 Å². The number of carbonyl (C=O) groups is 2. The Bertz CT molecular complexity index is 1950. The number of unbranched alkanes of at least 4 members (excludes halogenated alkanes) is 1. The number of nitrogens with two attached hydrogens (primary N) is 1. The molecule has 0 radical (unpaired) electrons. The third-order valence-electron chi connectivity index (χ3n) is 8.72. The van der Waals surface area contributed by atoms with Crippen molar-refractivity contribution in [3.63, 3.8) is 0 Å². The summed E-state index contributed by atoms with van der Waals surface area (Å²) in [5.41, 5.74) is 12.8. The van der Waals surface area contributed by atoms with Crippen LogP contribution in [0.5, 0.6) is 0 Å². The predicted molar refractivity (Wildman–Crippen MR) is 205 cm³/mol. The first-order valence-corrected chi connectivity index (χ1v) is 19.2. The molecule has 270 valence electrons. The molecular formula is C40H43N5O5S2. The largest absolute Gasteiger partial charge is 0.397 e. The molecule has 5 N–H and O–H groups in total. The van der Waals surface area contributed by atoms with Crippen LogP contribution in [0.15, 0.2) is 101 Å². The first kappa shape index (κ1) is 37.2. The lowest BCUT2D eigenvalue weighted by atomic mass is 9.99. The molecule has 1 aliphatic rings. The fourth-order valence-electron chi connectivity index (χ4n) is 5.93. The number of anilines is 2. The molecule has 1 saturated heterocycles. The van der Waals surface area contributed by atoms with Gasteiger partial charge in [0.1, 0.15) is 5.01 Å². The molecule has 12 heteroatoms. The molecule has 2 amide bonds. The van der Waals surface area contributed by atoms with Crippen LogP contribution in [-0.2, 0) is 32.2 Å². The number of thioether (sulfide) groups is 1. The number of ether oxygens (including phenoxy) is 2. The van der Waals surface area contributed by atoms with Gasteiger partial charge in [0, 0.05) is 37.1 Å². The summed E-state index contributed by atoms with van der Waals surface area (Å²) in [6, 6.07) is 31.3. The molecule has 2 heterocycles. The Balaban J connectivity index is 1.05. The molecule has 1 aliphatic heterocycles. The molecule has 3 unspecified atom stereocenters. The normalized spacial score (nSPS) is 17.1.